The van der Waals surface area contributed by atoms with Crippen LogP contribution in [-0.2, 0) is 6.54 Å². The third kappa shape index (κ3) is 2.60. The van der Waals surface area contributed by atoms with Crippen LogP contribution in [0.3, 0.4) is 0 Å². The molecule has 1 heterocycles. The van der Waals surface area contributed by atoms with Gasteiger partial charge in [-0.25, -0.2) is 0 Å². The van der Waals surface area contributed by atoms with E-state index in [9.17, 15) is 0 Å². The molecular formula is C13H18Cl2N2. The molecule has 0 aliphatic carbocycles. The maximum Gasteiger partial charge on any atom is 0.0478 e. The number of halogens is 2. The number of benzene rings is 1. The second-order valence-electron chi connectivity index (χ2n) is 5.03. The van der Waals surface area contributed by atoms with E-state index < -0.39 is 0 Å². The number of nitrogens with two attached hydrogens (primary N) is 1. The molecule has 1 aliphatic heterocycles. The lowest BCUT2D eigenvalue weighted by Crippen LogP contribution is -2.30. The van der Waals surface area contributed by atoms with Crippen LogP contribution in [-0.4, -0.2) is 18.0 Å². The lowest BCUT2D eigenvalue weighted by molar-refractivity contribution is 0.195. The molecule has 1 unspecified atom stereocenters. The van der Waals surface area contributed by atoms with Crippen LogP contribution < -0.4 is 5.73 Å². The van der Waals surface area contributed by atoms with Crippen LogP contribution in [0.15, 0.2) is 12.1 Å². The van der Waals surface area contributed by atoms with Gasteiger partial charge in [-0.05, 0) is 29.2 Å². The van der Waals surface area contributed by atoms with Crippen molar-refractivity contribution in [3.05, 3.63) is 33.3 Å². The van der Waals surface area contributed by atoms with Gasteiger partial charge in [-0.3, -0.25) is 4.90 Å². The van der Waals surface area contributed by atoms with Crippen LogP contribution in [0.2, 0.25) is 10.0 Å². The van der Waals surface area contributed by atoms with E-state index in [1.54, 1.807) is 0 Å². The summed E-state index contributed by atoms with van der Waals surface area (Å²) >= 11 is 12.3. The third-order valence-electron chi connectivity index (χ3n) is 3.18. The second-order valence-corrected chi connectivity index (χ2v) is 5.87. The largest absolute Gasteiger partial charge is 0.329 e. The molecule has 4 heteroatoms. The van der Waals surface area contributed by atoms with Gasteiger partial charge in [0, 0.05) is 35.7 Å². The Balaban J connectivity index is 2.34. The maximum atomic E-state index is 6.25. The van der Waals surface area contributed by atoms with E-state index >= 15 is 0 Å². The summed E-state index contributed by atoms with van der Waals surface area (Å²) in [6.45, 7) is 6.95. The number of fused-ring (bicyclic) bond motifs is 1. The Morgan fingerprint density at radius 3 is 2.71 bits per heavy atom. The minimum Gasteiger partial charge on any atom is -0.329 e. The quantitative estimate of drug-likeness (QED) is 0.913. The third-order valence-corrected chi connectivity index (χ3v) is 3.73. The molecule has 0 amide bonds. The van der Waals surface area contributed by atoms with Gasteiger partial charge in [0.2, 0.25) is 0 Å². The highest BCUT2D eigenvalue weighted by atomic mass is 35.5. The van der Waals surface area contributed by atoms with E-state index in [0.29, 0.717) is 17.5 Å². The predicted octanol–water partition coefficient (Wildman–Crippen LogP) is 3.46. The van der Waals surface area contributed by atoms with Crippen molar-refractivity contribution in [3.63, 3.8) is 0 Å². The Kier molecular flexibility index (Phi) is 3.99. The molecule has 0 fully saturated rings. The molecule has 2 N–H and O–H groups in total. The van der Waals surface area contributed by atoms with Crippen molar-refractivity contribution >= 4 is 23.2 Å². The zero-order valence-electron chi connectivity index (χ0n) is 10.2. The van der Waals surface area contributed by atoms with Gasteiger partial charge in [-0.15, -0.1) is 0 Å². The average molecular weight is 273 g/mol. The van der Waals surface area contributed by atoms with E-state index in [1.807, 2.05) is 12.1 Å². The molecule has 17 heavy (non-hydrogen) atoms. The first kappa shape index (κ1) is 13.2. The molecule has 2 rings (SSSR count). The molecule has 1 aromatic carbocycles. The minimum absolute atomic E-state index is 0.253. The zero-order valence-corrected chi connectivity index (χ0v) is 11.7. The van der Waals surface area contributed by atoms with Crippen LogP contribution in [0, 0.1) is 5.92 Å². The van der Waals surface area contributed by atoms with Crippen LogP contribution in [0.25, 0.3) is 0 Å². The SMILES string of the molecule is CC(C)CN1Cc2c(Cl)cc(Cl)cc2C1CN. The van der Waals surface area contributed by atoms with Crippen molar-refractivity contribution in [1.82, 2.24) is 4.90 Å². The molecule has 0 saturated heterocycles. The summed E-state index contributed by atoms with van der Waals surface area (Å²) in [5, 5.41) is 1.45. The van der Waals surface area contributed by atoms with Gasteiger partial charge in [0.1, 0.15) is 0 Å². The maximum absolute atomic E-state index is 6.25. The normalized spacial score (nSPS) is 20.0. The lowest BCUT2D eigenvalue weighted by atomic mass is 10.0. The number of nitrogens with zero attached hydrogens (tertiary/aromatic N) is 1. The first-order valence-corrected chi connectivity index (χ1v) is 6.70. The van der Waals surface area contributed by atoms with E-state index in [1.165, 1.54) is 11.1 Å². The molecular weight excluding hydrogens is 255 g/mol. The van der Waals surface area contributed by atoms with Crippen molar-refractivity contribution in [1.29, 1.82) is 0 Å². The summed E-state index contributed by atoms with van der Waals surface area (Å²) in [5.74, 6) is 0.618. The highest BCUT2D eigenvalue weighted by molar-refractivity contribution is 6.35. The van der Waals surface area contributed by atoms with Gasteiger partial charge >= 0.3 is 0 Å². The number of hydrogen-bond acceptors (Lipinski definition) is 2. The molecule has 0 aromatic heterocycles. The highest BCUT2D eigenvalue weighted by Crippen LogP contribution is 2.39. The van der Waals surface area contributed by atoms with Gasteiger partial charge in [-0.2, -0.15) is 0 Å². The summed E-state index contributed by atoms with van der Waals surface area (Å²) in [7, 11) is 0. The van der Waals surface area contributed by atoms with Crippen molar-refractivity contribution < 1.29 is 0 Å². The Hall–Kier alpha value is -0.280. The van der Waals surface area contributed by atoms with Crippen molar-refractivity contribution in [2.45, 2.75) is 26.4 Å². The van der Waals surface area contributed by atoms with Gasteiger partial charge in [0.15, 0.2) is 0 Å². The average Bonchev–Trinajstić information content (AvgIpc) is 2.54. The van der Waals surface area contributed by atoms with Crippen molar-refractivity contribution in [2.75, 3.05) is 13.1 Å². The van der Waals surface area contributed by atoms with Gasteiger partial charge in [-0.1, -0.05) is 37.0 Å². The smallest absolute Gasteiger partial charge is 0.0478 e. The molecule has 0 bridgehead atoms. The van der Waals surface area contributed by atoms with Crippen LogP contribution in [0.4, 0.5) is 0 Å². The Morgan fingerprint density at radius 1 is 1.41 bits per heavy atom. The molecule has 0 saturated carbocycles. The Bertz CT molecular complexity index is 418. The summed E-state index contributed by atoms with van der Waals surface area (Å²) in [4.78, 5) is 2.39. The fraction of sp³-hybridized carbons (Fsp3) is 0.538. The van der Waals surface area contributed by atoms with E-state index in [-0.39, 0.29) is 6.04 Å². The zero-order chi connectivity index (χ0) is 12.6. The van der Waals surface area contributed by atoms with Crippen LogP contribution >= 0.6 is 23.2 Å². The van der Waals surface area contributed by atoms with E-state index in [2.05, 4.69) is 18.7 Å². The van der Waals surface area contributed by atoms with Crippen molar-refractivity contribution in [3.8, 4) is 0 Å². The van der Waals surface area contributed by atoms with Gasteiger partial charge in [0.05, 0.1) is 0 Å². The minimum atomic E-state index is 0.253. The van der Waals surface area contributed by atoms with Crippen molar-refractivity contribution in [2.24, 2.45) is 11.7 Å². The Morgan fingerprint density at radius 2 is 2.12 bits per heavy atom. The summed E-state index contributed by atoms with van der Waals surface area (Å²) in [5.41, 5.74) is 8.27. The number of rotatable bonds is 3. The molecule has 0 spiro atoms. The second kappa shape index (κ2) is 5.15. The Labute approximate surface area is 113 Å². The molecule has 1 aliphatic rings. The van der Waals surface area contributed by atoms with E-state index in [4.69, 9.17) is 28.9 Å². The monoisotopic (exact) mass is 272 g/mol. The topological polar surface area (TPSA) is 29.3 Å². The standard InChI is InChI=1S/C13H18Cl2N2/c1-8(2)6-17-7-11-10(13(17)5-16)3-9(14)4-12(11)15/h3-4,8,13H,5-7,16H2,1-2H3. The fourth-order valence-corrected chi connectivity index (χ4v) is 3.10. The van der Waals surface area contributed by atoms with Gasteiger partial charge in [0.25, 0.3) is 0 Å². The molecule has 2 nitrogen and oxygen atoms in total. The summed E-state index contributed by atoms with van der Waals surface area (Å²) < 4.78 is 0. The number of hydrogen-bond donors (Lipinski definition) is 1. The fourth-order valence-electron chi connectivity index (χ4n) is 2.53. The van der Waals surface area contributed by atoms with E-state index in [0.717, 1.165) is 18.1 Å². The van der Waals surface area contributed by atoms with Crippen LogP contribution in [0.5, 0.6) is 0 Å². The molecule has 1 atom stereocenters. The molecule has 94 valence electrons. The molecule has 0 radical (unpaired) electrons. The molecule has 1 aromatic rings. The predicted molar refractivity (Wildman–Crippen MR) is 73.5 cm³/mol. The van der Waals surface area contributed by atoms with Crippen LogP contribution in [0.1, 0.15) is 31.0 Å². The van der Waals surface area contributed by atoms with Gasteiger partial charge < -0.3 is 5.73 Å². The summed E-state index contributed by atoms with van der Waals surface area (Å²) in [6, 6.07) is 4.07. The summed E-state index contributed by atoms with van der Waals surface area (Å²) in [6.07, 6.45) is 0. The first-order chi connectivity index (χ1) is 8.02. The highest BCUT2D eigenvalue weighted by Gasteiger charge is 2.31. The lowest BCUT2D eigenvalue weighted by Gasteiger charge is -2.25. The first-order valence-electron chi connectivity index (χ1n) is 5.94.